The zero-order valence-electron chi connectivity index (χ0n) is 9.78. The third-order valence-corrected chi connectivity index (χ3v) is 3.05. The molecule has 4 nitrogen and oxygen atoms in total. The van der Waals surface area contributed by atoms with Crippen LogP contribution in [0.5, 0.6) is 0 Å². The molecule has 0 radical (unpaired) electrons. The van der Waals surface area contributed by atoms with E-state index in [9.17, 15) is 18.0 Å². The van der Waals surface area contributed by atoms with Gasteiger partial charge in [0.15, 0.2) is 0 Å². The van der Waals surface area contributed by atoms with Crippen molar-refractivity contribution >= 4 is 27.5 Å². The summed E-state index contributed by atoms with van der Waals surface area (Å²) in [5.74, 6) is -0.683. The molecule has 1 aromatic heterocycles. The molecule has 0 spiro atoms. The maximum absolute atomic E-state index is 12.6. The van der Waals surface area contributed by atoms with E-state index in [0.29, 0.717) is 5.69 Å². The van der Waals surface area contributed by atoms with E-state index in [4.69, 9.17) is 0 Å². The number of amides is 1. The predicted octanol–water partition coefficient (Wildman–Crippen LogP) is 3.51. The fraction of sp³-hybridized carbons (Fsp3) is 0.0833. The Balaban J connectivity index is 2.30. The van der Waals surface area contributed by atoms with Gasteiger partial charge in [0.25, 0.3) is 5.91 Å². The molecule has 0 atom stereocenters. The molecule has 8 heteroatoms. The first-order valence-corrected chi connectivity index (χ1v) is 6.10. The first-order chi connectivity index (χ1) is 9.38. The van der Waals surface area contributed by atoms with E-state index in [-0.39, 0.29) is 10.0 Å². The molecular weight excluding hydrogens is 339 g/mol. The van der Waals surface area contributed by atoms with Crippen LogP contribution in [0.2, 0.25) is 0 Å². The lowest BCUT2D eigenvalue weighted by molar-refractivity contribution is -0.137. The van der Waals surface area contributed by atoms with Gasteiger partial charge in [-0.15, -0.1) is 0 Å². The molecule has 0 fully saturated rings. The molecule has 0 unspecified atom stereocenters. The van der Waals surface area contributed by atoms with Crippen LogP contribution in [0.3, 0.4) is 0 Å². The van der Waals surface area contributed by atoms with E-state index in [1.807, 2.05) is 0 Å². The smallest absolute Gasteiger partial charge is 0.319 e. The number of alkyl halides is 3. The molecule has 0 aliphatic heterocycles. The number of anilines is 1. The lowest BCUT2D eigenvalue weighted by Gasteiger charge is -2.10. The van der Waals surface area contributed by atoms with Crippen LogP contribution in [0, 0.1) is 0 Å². The Morgan fingerprint density at radius 3 is 2.45 bits per heavy atom. The molecule has 1 aromatic carbocycles. The summed E-state index contributed by atoms with van der Waals surface area (Å²) in [5.41, 5.74) is -0.722. The van der Waals surface area contributed by atoms with Crippen LogP contribution in [-0.2, 0) is 6.18 Å². The average molecular weight is 346 g/mol. The number of hydrogen-bond acceptors (Lipinski definition) is 3. The van der Waals surface area contributed by atoms with E-state index in [2.05, 4.69) is 31.2 Å². The first kappa shape index (κ1) is 14.4. The molecule has 104 valence electrons. The topological polar surface area (TPSA) is 54.9 Å². The zero-order chi connectivity index (χ0) is 14.8. The number of benzene rings is 1. The lowest BCUT2D eigenvalue weighted by atomic mass is 10.1. The van der Waals surface area contributed by atoms with Gasteiger partial charge in [-0.25, -0.2) is 9.97 Å². The number of nitrogens with one attached hydrogen (secondary N) is 1. The molecule has 2 rings (SSSR count). The minimum atomic E-state index is -4.51. The van der Waals surface area contributed by atoms with E-state index < -0.39 is 17.6 Å². The molecule has 1 N–H and O–H groups in total. The van der Waals surface area contributed by atoms with E-state index in [0.717, 1.165) is 12.1 Å². The van der Waals surface area contributed by atoms with Crippen molar-refractivity contribution in [3.05, 3.63) is 52.5 Å². The van der Waals surface area contributed by atoms with Crippen molar-refractivity contribution in [2.45, 2.75) is 6.18 Å². The second-order valence-corrected chi connectivity index (χ2v) is 4.63. The van der Waals surface area contributed by atoms with Crippen molar-refractivity contribution < 1.29 is 18.0 Å². The van der Waals surface area contributed by atoms with Gasteiger partial charge in [-0.1, -0.05) is 0 Å². The highest BCUT2D eigenvalue weighted by Gasteiger charge is 2.31. The summed E-state index contributed by atoms with van der Waals surface area (Å²) in [7, 11) is 0. The van der Waals surface area contributed by atoms with Crippen molar-refractivity contribution in [2.24, 2.45) is 0 Å². The van der Waals surface area contributed by atoms with Crippen LogP contribution in [-0.4, -0.2) is 15.9 Å². The fourth-order valence-corrected chi connectivity index (χ4v) is 1.86. The second-order valence-electron chi connectivity index (χ2n) is 3.77. The normalized spacial score (nSPS) is 11.2. The number of nitrogens with zero attached hydrogens (tertiary/aromatic N) is 2. The van der Waals surface area contributed by atoms with Gasteiger partial charge in [-0.05, 0) is 34.1 Å². The quantitative estimate of drug-likeness (QED) is 0.906. The monoisotopic (exact) mass is 345 g/mol. The summed E-state index contributed by atoms with van der Waals surface area (Å²) in [6.45, 7) is 0. The van der Waals surface area contributed by atoms with Crippen molar-refractivity contribution in [2.75, 3.05) is 5.32 Å². The third kappa shape index (κ3) is 3.32. The van der Waals surface area contributed by atoms with Crippen molar-refractivity contribution in [1.29, 1.82) is 0 Å². The van der Waals surface area contributed by atoms with Crippen molar-refractivity contribution in [1.82, 2.24) is 9.97 Å². The molecule has 0 aliphatic rings. The van der Waals surface area contributed by atoms with Crippen LogP contribution < -0.4 is 5.32 Å². The highest BCUT2D eigenvalue weighted by Crippen LogP contribution is 2.32. The molecule has 0 saturated carbocycles. The fourth-order valence-electron chi connectivity index (χ4n) is 1.44. The summed E-state index contributed by atoms with van der Waals surface area (Å²) in [6, 6.07) is 2.86. The SMILES string of the molecule is O=C(Nc1cncnc1)c1cc(C(F)(F)F)ccc1Br. The number of rotatable bonds is 2. The Labute approximate surface area is 120 Å². The average Bonchev–Trinajstić information content (AvgIpc) is 2.39. The summed E-state index contributed by atoms with van der Waals surface area (Å²) in [4.78, 5) is 19.3. The van der Waals surface area contributed by atoms with E-state index >= 15 is 0 Å². The molecule has 0 aliphatic carbocycles. The van der Waals surface area contributed by atoms with Crippen LogP contribution in [0.1, 0.15) is 15.9 Å². The largest absolute Gasteiger partial charge is 0.416 e. The Bertz CT molecular complexity index is 632. The van der Waals surface area contributed by atoms with Gasteiger partial charge < -0.3 is 5.32 Å². The summed E-state index contributed by atoms with van der Waals surface area (Å²) in [5, 5.41) is 2.42. The Hall–Kier alpha value is -1.96. The maximum Gasteiger partial charge on any atom is 0.416 e. The van der Waals surface area contributed by atoms with Crippen LogP contribution in [0.15, 0.2) is 41.4 Å². The highest BCUT2D eigenvalue weighted by molar-refractivity contribution is 9.10. The van der Waals surface area contributed by atoms with Gasteiger partial charge in [-0.3, -0.25) is 4.79 Å². The number of carbonyl (C=O) groups excluding carboxylic acids is 1. The van der Waals surface area contributed by atoms with Gasteiger partial charge in [0.2, 0.25) is 0 Å². The molecule has 1 amide bonds. The minimum absolute atomic E-state index is 0.122. The van der Waals surface area contributed by atoms with Crippen molar-refractivity contribution in [3.8, 4) is 0 Å². The maximum atomic E-state index is 12.6. The molecule has 2 aromatic rings. The van der Waals surface area contributed by atoms with Crippen LogP contribution in [0.25, 0.3) is 0 Å². The van der Waals surface area contributed by atoms with Crippen LogP contribution >= 0.6 is 15.9 Å². The zero-order valence-corrected chi connectivity index (χ0v) is 11.4. The summed E-state index contributed by atoms with van der Waals surface area (Å²) in [6.07, 6.45) is -0.555. The second kappa shape index (κ2) is 5.58. The van der Waals surface area contributed by atoms with Gasteiger partial charge in [0, 0.05) is 4.47 Å². The van der Waals surface area contributed by atoms with Gasteiger partial charge in [0.1, 0.15) is 6.33 Å². The Morgan fingerprint density at radius 2 is 1.85 bits per heavy atom. The summed E-state index contributed by atoms with van der Waals surface area (Å²) < 4.78 is 38.1. The Morgan fingerprint density at radius 1 is 1.20 bits per heavy atom. The molecule has 0 saturated heterocycles. The van der Waals surface area contributed by atoms with Gasteiger partial charge in [0.05, 0.1) is 29.2 Å². The van der Waals surface area contributed by atoms with Gasteiger partial charge >= 0.3 is 6.18 Å². The molecule has 20 heavy (non-hydrogen) atoms. The summed E-state index contributed by atoms with van der Waals surface area (Å²) >= 11 is 3.05. The molecule has 0 bridgehead atoms. The van der Waals surface area contributed by atoms with Crippen molar-refractivity contribution in [3.63, 3.8) is 0 Å². The third-order valence-electron chi connectivity index (χ3n) is 2.36. The van der Waals surface area contributed by atoms with Crippen LogP contribution in [0.4, 0.5) is 18.9 Å². The number of aromatic nitrogens is 2. The number of carbonyl (C=O) groups is 1. The number of hydrogen-bond donors (Lipinski definition) is 1. The first-order valence-electron chi connectivity index (χ1n) is 5.31. The molecule has 1 heterocycles. The highest BCUT2D eigenvalue weighted by atomic mass is 79.9. The standard InChI is InChI=1S/C12H7BrF3N3O/c13-10-2-1-7(12(14,15)16)3-9(10)11(20)19-8-4-17-6-18-5-8/h1-6H,(H,19,20). The number of halogens is 4. The lowest BCUT2D eigenvalue weighted by Crippen LogP contribution is -2.15. The minimum Gasteiger partial charge on any atom is -0.319 e. The molecular formula is C12H7BrF3N3O. The van der Waals surface area contributed by atoms with Gasteiger partial charge in [-0.2, -0.15) is 13.2 Å². The van der Waals surface area contributed by atoms with E-state index in [1.54, 1.807) is 0 Å². The predicted molar refractivity (Wildman–Crippen MR) is 69.1 cm³/mol. The van der Waals surface area contributed by atoms with E-state index in [1.165, 1.54) is 24.8 Å². The Kier molecular flexibility index (Phi) is 4.03.